The first-order chi connectivity index (χ1) is 15.2. The average molecular weight is 464 g/mol. The number of carbonyl (C=O) groups is 5. The van der Waals surface area contributed by atoms with E-state index in [1.165, 1.54) is 25.3 Å². The van der Waals surface area contributed by atoms with Gasteiger partial charge >= 0.3 is 18.0 Å². The Labute approximate surface area is 188 Å². The number of hydrogen-bond donors (Lipinski definition) is 4. The lowest BCUT2D eigenvalue weighted by molar-refractivity contribution is -0.128. The monoisotopic (exact) mass is 463 g/mol. The molecule has 12 heteroatoms. The zero-order valence-electron chi connectivity index (χ0n) is 17.7. The van der Waals surface area contributed by atoms with E-state index in [4.69, 9.17) is 4.74 Å². The maximum Gasteiger partial charge on any atom is 0.341 e. The fourth-order valence-corrected chi connectivity index (χ4v) is 3.36. The summed E-state index contributed by atoms with van der Waals surface area (Å²) in [6.45, 7) is 2.91. The maximum atomic E-state index is 12.6. The molecule has 0 aliphatic heterocycles. The number of pyridine rings is 1. The number of hydrogen-bond acceptors (Lipinski definition) is 8. The fourth-order valence-electron chi connectivity index (χ4n) is 2.46. The highest BCUT2D eigenvalue weighted by Crippen LogP contribution is 2.26. The van der Waals surface area contributed by atoms with Crippen molar-refractivity contribution in [2.24, 2.45) is 0 Å². The maximum absolute atomic E-state index is 12.6. The third kappa shape index (κ3) is 7.22. The van der Waals surface area contributed by atoms with Gasteiger partial charge in [-0.25, -0.2) is 19.4 Å². The quantitative estimate of drug-likeness (QED) is 0.330. The molecule has 0 bridgehead atoms. The molecule has 2 saturated carbocycles. The molecular weight excluding hydrogens is 438 g/mol. The molecule has 11 nitrogen and oxygen atoms in total. The van der Waals surface area contributed by atoms with Crippen LogP contribution in [0.1, 0.15) is 49.9 Å². The Morgan fingerprint density at radius 1 is 0.969 bits per heavy atom. The number of imide groups is 2. The molecular formula is C20H25N5O6S. The minimum Gasteiger partial charge on any atom is -0.449 e. The molecule has 2 unspecified atom stereocenters. The van der Waals surface area contributed by atoms with E-state index >= 15 is 0 Å². The van der Waals surface area contributed by atoms with Gasteiger partial charge in [-0.3, -0.25) is 20.2 Å². The highest BCUT2D eigenvalue weighted by molar-refractivity contribution is 8.00. The Hall–Kier alpha value is -3.15. The molecule has 3 rings (SSSR count). The highest BCUT2D eigenvalue weighted by Gasteiger charge is 2.28. The van der Waals surface area contributed by atoms with Crippen molar-refractivity contribution in [3.8, 4) is 0 Å². The smallest absolute Gasteiger partial charge is 0.341 e. The lowest BCUT2D eigenvalue weighted by Gasteiger charge is -2.15. The molecule has 2 atom stereocenters. The molecule has 0 spiro atoms. The van der Waals surface area contributed by atoms with Gasteiger partial charge in [0.2, 0.25) is 5.91 Å². The van der Waals surface area contributed by atoms with Gasteiger partial charge < -0.3 is 15.4 Å². The van der Waals surface area contributed by atoms with Gasteiger partial charge in [0.05, 0.1) is 10.8 Å². The van der Waals surface area contributed by atoms with Crippen LogP contribution in [-0.2, 0) is 14.3 Å². The first kappa shape index (κ1) is 23.5. The summed E-state index contributed by atoms with van der Waals surface area (Å²) in [4.78, 5) is 64.5. The molecule has 2 aliphatic carbocycles. The third-order valence-electron chi connectivity index (χ3n) is 4.60. The predicted octanol–water partition coefficient (Wildman–Crippen LogP) is 1.08. The number of ether oxygens (including phenoxy) is 1. The standard InChI is InChI=1S/C20H25N5O6S/c1-10(15(26)24-19(29)22-12-5-6-12)31-18(28)14-4-3-9-21-17(14)32-11(2)16(27)25-20(30)23-13-7-8-13/h3-4,9-13H,5-8H2,1-2H3,(H2,22,24,26,29)(H2,23,25,27,30). The SMILES string of the molecule is CC(OC(=O)c1cccnc1SC(C)C(=O)NC(=O)NC1CC1)C(=O)NC(=O)NC1CC1. The predicted molar refractivity (Wildman–Crippen MR) is 114 cm³/mol. The van der Waals surface area contributed by atoms with E-state index in [1.807, 2.05) is 0 Å². The van der Waals surface area contributed by atoms with E-state index in [9.17, 15) is 24.0 Å². The second-order valence-corrected chi connectivity index (χ2v) is 8.97. The second kappa shape index (κ2) is 10.4. The van der Waals surface area contributed by atoms with Crippen LogP contribution in [0, 0.1) is 0 Å². The molecule has 1 heterocycles. The minimum absolute atomic E-state index is 0.0571. The van der Waals surface area contributed by atoms with Crippen molar-refractivity contribution >= 4 is 41.6 Å². The number of rotatable bonds is 8. The van der Waals surface area contributed by atoms with Crippen LogP contribution in [0.15, 0.2) is 23.4 Å². The molecule has 0 saturated heterocycles. The van der Waals surface area contributed by atoms with Crippen LogP contribution < -0.4 is 21.3 Å². The van der Waals surface area contributed by atoms with Crippen molar-refractivity contribution in [1.82, 2.24) is 26.3 Å². The van der Waals surface area contributed by atoms with Crippen LogP contribution in [0.2, 0.25) is 0 Å². The van der Waals surface area contributed by atoms with Crippen molar-refractivity contribution in [2.75, 3.05) is 0 Å². The van der Waals surface area contributed by atoms with Crippen LogP contribution in [0.25, 0.3) is 0 Å². The Bertz CT molecular complexity index is 917. The summed E-state index contributed by atoms with van der Waals surface area (Å²) in [5.74, 6) is -2.12. The summed E-state index contributed by atoms with van der Waals surface area (Å²) >= 11 is 0.974. The largest absolute Gasteiger partial charge is 0.449 e. The lowest BCUT2D eigenvalue weighted by atomic mass is 10.3. The number of aromatic nitrogens is 1. The third-order valence-corrected chi connectivity index (χ3v) is 5.72. The van der Waals surface area contributed by atoms with Crippen LogP contribution >= 0.6 is 11.8 Å². The molecule has 6 amide bonds. The topological polar surface area (TPSA) is 156 Å². The second-order valence-electron chi connectivity index (χ2n) is 7.64. The van der Waals surface area contributed by atoms with E-state index < -0.39 is 41.2 Å². The summed E-state index contributed by atoms with van der Waals surface area (Å²) in [7, 11) is 0. The van der Waals surface area contributed by atoms with Crippen molar-refractivity contribution < 1.29 is 28.7 Å². The van der Waals surface area contributed by atoms with E-state index in [0.29, 0.717) is 0 Å². The normalized spacial score (nSPS) is 16.8. The van der Waals surface area contributed by atoms with Crippen LogP contribution in [-0.4, -0.2) is 58.3 Å². The molecule has 2 aliphatic rings. The summed E-state index contributed by atoms with van der Waals surface area (Å²) in [5.41, 5.74) is 0.0571. The Balaban J connectivity index is 1.53. The first-order valence-corrected chi connectivity index (χ1v) is 11.2. The van der Waals surface area contributed by atoms with Gasteiger partial charge in [0.25, 0.3) is 5.91 Å². The summed E-state index contributed by atoms with van der Waals surface area (Å²) in [5, 5.41) is 9.13. The van der Waals surface area contributed by atoms with E-state index in [-0.39, 0.29) is 22.7 Å². The molecule has 0 aromatic carbocycles. The number of nitrogens with one attached hydrogen (secondary N) is 4. The highest BCUT2D eigenvalue weighted by atomic mass is 32.2. The van der Waals surface area contributed by atoms with Gasteiger partial charge in [0, 0.05) is 18.3 Å². The number of amides is 6. The molecule has 32 heavy (non-hydrogen) atoms. The van der Waals surface area contributed by atoms with Crippen molar-refractivity contribution in [2.45, 2.75) is 68.0 Å². The number of thioether (sulfide) groups is 1. The molecule has 1 aromatic heterocycles. The van der Waals surface area contributed by atoms with Gasteiger partial charge in [-0.2, -0.15) is 0 Å². The lowest BCUT2D eigenvalue weighted by Crippen LogP contribution is -2.45. The van der Waals surface area contributed by atoms with Gasteiger partial charge in [-0.15, -0.1) is 0 Å². The fraction of sp³-hybridized carbons (Fsp3) is 0.500. The van der Waals surface area contributed by atoms with Crippen LogP contribution in [0.5, 0.6) is 0 Å². The zero-order valence-corrected chi connectivity index (χ0v) is 18.5. The molecule has 1 aromatic rings. The van der Waals surface area contributed by atoms with Gasteiger partial charge in [0.15, 0.2) is 6.10 Å². The molecule has 4 N–H and O–H groups in total. The van der Waals surface area contributed by atoms with E-state index in [0.717, 1.165) is 37.4 Å². The van der Waals surface area contributed by atoms with Crippen LogP contribution in [0.3, 0.4) is 0 Å². The molecule has 2 fully saturated rings. The Kier molecular flexibility index (Phi) is 7.67. The summed E-state index contributed by atoms with van der Waals surface area (Å²) < 4.78 is 5.17. The Morgan fingerprint density at radius 2 is 1.53 bits per heavy atom. The number of carbonyl (C=O) groups excluding carboxylic acids is 5. The minimum atomic E-state index is -1.22. The van der Waals surface area contributed by atoms with Crippen molar-refractivity contribution in [3.63, 3.8) is 0 Å². The summed E-state index contributed by atoms with van der Waals surface area (Å²) in [6.07, 6.45) is 3.75. The van der Waals surface area contributed by atoms with E-state index in [2.05, 4.69) is 26.3 Å². The van der Waals surface area contributed by atoms with E-state index in [1.54, 1.807) is 6.92 Å². The average Bonchev–Trinajstić information content (AvgIpc) is 3.65. The van der Waals surface area contributed by atoms with Crippen LogP contribution in [0.4, 0.5) is 9.59 Å². The number of urea groups is 2. The van der Waals surface area contributed by atoms with Gasteiger partial charge in [0.1, 0.15) is 5.03 Å². The zero-order chi connectivity index (χ0) is 23.3. The van der Waals surface area contributed by atoms with Crippen molar-refractivity contribution in [3.05, 3.63) is 23.9 Å². The molecule has 0 radical (unpaired) electrons. The molecule has 172 valence electrons. The number of esters is 1. The Morgan fingerprint density at radius 3 is 2.09 bits per heavy atom. The first-order valence-electron chi connectivity index (χ1n) is 10.3. The summed E-state index contributed by atoms with van der Waals surface area (Å²) in [6, 6.07) is 1.96. The van der Waals surface area contributed by atoms with Crippen molar-refractivity contribution in [1.29, 1.82) is 0 Å². The number of nitrogens with zero attached hydrogens (tertiary/aromatic N) is 1. The van der Waals surface area contributed by atoms with Gasteiger partial charge in [-0.1, -0.05) is 11.8 Å². The van der Waals surface area contributed by atoms with Gasteiger partial charge in [-0.05, 0) is 51.7 Å².